The molecule has 0 aliphatic carbocycles. The molecule has 0 aromatic carbocycles. The van der Waals surface area contributed by atoms with E-state index in [0.29, 0.717) is 0 Å². The number of sulfonamides is 1. The SMILES string of the molecule is Cc1[nH]ncc1CNS(=O)(=O)CCN. The molecule has 1 rings (SSSR count). The average molecular weight is 218 g/mol. The van der Waals surface area contributed by atoms with Crippen molar-refractivity contribution in [1.82, 2.24) is 14.9 Å². The fourth-order valence-electron chi connectivity index (χ4n) is 0.969. The Bertz CT molecular complexity index is 384. The second-order valence-electron chi connectivity index (χ2n) is 2.95. The molecular formula is C7H14N4O2S. The van der Waals surface area contributed by atoms with E-state index in [9.17, 15) is 8.42 Å². The third kappa shape index (κ3) is 3.09. The Labute approximate surface area is 82.9 Å². The van der Waals surface area contributed by atoms with Crippen LogP contribution < -0.4 is 10.5 Å². The molecule has 1 heterocycles. The van der Waals surface area contributed by atoms with Crippen molar-refractivity contribution in [2.24, 2.45) is 5.73 Å². The van der Waals surface area contributed by atoms with Crippen LogP contribution >= 0.6 is 0 Å². The molecule has 0 radical (unpaired) electrons. The summed E-state index contributed by atoms with van der Waals surface area (Å²) in [5.74, 6) is -0.0517. The Morgan fingerprint density at radius 3 is 2.86 bits per heavy atom. The number of nitrogens with two attached hydrogens (primary N) is 1. The summed E-state index contributed by atoms with van der Waals surface area (Å²) >= 11 is 0. The van der Waals surface area contributed by atoms with Gasteiger partial charge in [0.2, 0.25) is 10.0 Å². The number of hydrogen-bond donors (Lipinski definition) is 3. The highest BCUT2D eigenvalue weighted by molar-refractivity contribution is 7.89. The van der Waals surface area contributed by atoms with Gasteiger partial charge in [-0.3, -0.25) is 5.10 Å². The van der Waals surface area contributed by atoms with Crippen molar-refractivity contribution in [2.75, 3.05) is 12.3 Å². The fourth-order valence-corrected chi connectivity index (χ4v) is 1.80. The summed E-state index contributed by atoms with van der Waals surface area (Å²) in [4.78, 5) is 0. The maximum absolute atomic E-state index is 11.2. The maximum atomic E-state index is 11.2. The molecule has 0 amide bonds. The normalized spacial score (nSPS) is 11.9. The molecule has 6 nitrogen and oxygen atoms in total. The predicted octanol–water partition coefficient (Wildman–Crippen LogP) is -0.904. The molecule has 0 bridgehead atoms. The van der Waals surface area contributed by atoms with E-state index in [-0.39, 0.29) is 18.8 Å². The summed E-state index contributed by atoms with van der Waals surface area (Å²) in [5.41, 5.74) is 6.86. The monoisotopic (exact) mass is 218 g/mol. The Morgan fingerprint density at radius 1 is 1.64 bits per heavy atom. The molecule has 1 aromatic rings. The lowest BCUT2D eigenvalue weighted by Crippen LogP contribution is -2.29. The lowest BCUT2D eigenvalue weighted by atomic mass is 10.3. The van der Waals surface area contributed by atoms with Gasteiger partial charge >= 0.3 is 0 Å². The van der Waals surface area contributed by atoms with Gasteiger partial charge in [-0.15, -0.1) is 0 Å². The number of aryl methyl sites for hydroxylation is 1. The van der Waals surface area contributed by atoms with Crippen molar-refractivity contribution < 1.29 is 8.42 Å². The minimum Gasteiger partial charge on any atom is -0.329 e. The quantitative estimate of drug-likeness (QED) is 0.596. The minimum atomic E-state index is -3.24. The molecule has 0 spiro atoms. The van der Waals surface area contributed by atoms with E-state index in [2.05, 4.69) is 14.9 Å². The van der Waals surface area contributed by atoms with Crippen molar-refractivity contribution in [3.05, 3.63) is 17.5 Å². The van der Waals surface area contributed by atoms with Crippen molar-refractivity contribution in [3.8, 4) is 0 Å². The molecule has 14 heavy (non-hydrogen) atoms. The lowest BCUT2D eigenvalue weighted by molar-refractivity contribution is 0.581. The highest BCUT2D eigenvalue weighted by atomic mass is 32.2. The summed E-state index contributed by atoms with van der Waals surface area (Å²) < 4.78 is 24.9. The van der Waals surface area contributed by atoms with Crippen molar-refractivity contribution in [3.63, 3.8) is 0 Å². The van der Waals surface area contributed by atoms with Gasteiger partial charge in [0.1, 0.15) is 0 Å². The highest BCUT2D eigenvalue weighted by Crippen LogP contribution is 2.01. The summed E-state index contributed by atoms with van der Waals surface area (Å²) in [6.45, 7) is 2.21. The first-order chi connectivity index (χ1) is 6.55. The largest absolute Gasteiger partial charge is 0.329 e. The lowest BCUT2D eigenvalue weighted by Gasteiger charge is -2.03. The van der Waals surface area contributed by atoms with Crippen molar-refractivity contribution >= 4 is 10.0 Å². The van der Waals surface area contributed by atoms with E-state index < -0.39 is 10.0 Å². The summed E-state index contributed by atoms with van der Waals surface area (Å²) in [6.07, 6.45) is 1.60. The molecule has 0 aliphatic rings. The van der Waals surface area contributed by atoms with Crippen LogP contribution in [0, 0.1) is 6.92 Å². The molecule has 0 fully saturated rings. The summed E-state index contributed by atoms with van der Waals surface area (Å²) in [6, 6.07) is 0. The molecule has 0 aliphatic heterocycles. The van der Waals surface area contributed by atoms with Gasteiger partial charge in [0, 0.05) is 24.3 Å². The number of hydrogen-bond acceptors (Lipinski definition) is 4. The van der Waals surface area contributed by atoms with Gasteiger partial charge in [-0.25, -0.2) is 13.1 Å². The Kier molecular flexibility index (Phi) is 3.62. The minimum absolute atomic E-state index is 0.0517. The predicted molar refractivity (Wildman–Crippen MR) is 53.0 cm³/mol. The van der Waals surface area contributed by atoms with E-state index in [1.807, 2.05) is 6.92 Å². The van der Waals surface area contributed by atoms with Gasteiger partial charge in [-0.2, -0.15) is 5.10 Å². The number of aromatic amines is 1. The van der Waals surface area contributed by atoms with E-state index in [1.54, 1.807) is 6.20 Å². The Hall–Kier alpha value is -0.920. The average Bonchev–Trinajstić information content (AvgIpc) is 2.48. The highest BCUT2D eigenvalue weighted by Gasteiger charge is 2.09. The van der Waals surface area contributed by atoms with Gasteiger partial charge in [-0.1, -0.05) is 0 Å². The standard InChI is InChI=1S/C7H14N4O2S/c1-6-7(4-9-11-6)5-10-14(12,13)3-2-8/h4,10H,2-3,5,8H2,1H3,(H,9,11). The topological polar surface area (TPSA) is 101 Å². The van der Waals surface area contributed by atoms with Crippen LogP contribution in [0.4, 0.5) is 0 Å². The first-order valence-corrected chi connectivity index (χ1v) is 5.86. The summed E-state index contributed by atoms with van der Waals surface area (Å²) in [5, 5.41) is 6.51. The van der Waals surface area contributed by atoms with Gasteiger partial charge in [-0.05, 0) is 6.92 Å². The molecule has 4 N–H and O–H groups in total. The van der Waals surface area contributed by atoms with Gasteiger partial charge in [0.15, 0.2) is 0 Å². The zero-order valence-corrected chi connectivity index (χ0v) is 8.76. The second-order valence-corrected chi connectivity index (χ2v) is 4.88. The number of nitrogens with one attached hydrogen (secondary N) is 2. The number of H-pyrrole nitrogens is 1. The van der Waals surface area contributed by atoms with Crippen LogP contribution in [0.1, 0.15) is 11.3 Å². The second kappa shape index (κ2) is 4.54. The zero-order valence-electron chi connectivity index (χ0n) is 7.95. The fraction of sp³-hybridized carbons (Fsp3) is 0.571. The molecular weight excluding hydrogens is 204 g/mol. The molecule has 7 heteroatoms. The van der Waals surface area contributed by atoms with Crippen molar-refractivity contribution in [2.45, 2.75) is 13.5 Å². The van der Waals surface area contributed by atoms with E-state index >= 15 is 0 Å². The molecule has 1 aromatic heterocycles. The third-order valence-corrected chi connectivity index (χ3v) is 3.16. The van der Waals surface area contributed by atoms with Gasteiger partial charge in [0.25, 0.3) is 0 Å². The third-order valence-electron chi connectivity index (χ3n) is 1.80. The van der Waals surface area contributed by atoms with Crippen molar-refractivity contribution in [1.29, 1.82) is 0 Å². The Balaban J connectivity index is 2.53. The van der Waals surface area contributed by atoms with E-state index in [1.165, 1.54) is 0 Å². The van der Waals surface area contributed by atoms with Crippen LogP contribution in [0.2, 0.25) is 0 Å². The molecule has 0 atom stereocenters. The van der Waals surface area contributed by atoms with E-state index in [0.717, 1.165) is 11.3 Å². The number of nitrogens with zero attached hydrogens (tertiary/aromatic N) is 1. The molecule has 0 unspecified atom stereocenters. The Morgan fingerprint density at radius 2 is 2.36 bits per heavy atom. The van der Waals surface area contributed by atoms with Crippen LogP contribution in [-0.2, 0) is 16.6 Å². The van der Waals surface area contributed by atoms with Gasteiger partial charge < -0.3 is 5.73 Å². The first-order valence-electron chi connectivity index (χ1n) is 4.21. The van der Waals surface area contributed by atoms with Crippen LogP contribution in [0.5, 0.6) is 0 Å². The van der Waals surface area contributed by atoms with Gasteiger partial charge in [0.05, 0.1) is 11.9 Å². The van der Waals surface area contributed by atoms with E-state index in [4.69, 9.17) is 5.73 Å². The van der Waals surface area contributed by atoms with Crippen LogP contribution in [0.3, 0.4) is 0 Å². The molecule has 80 valence electrons. The number of aromatic nitrogens is 2. The molecule has 0 saturated heterocycles. The van der Waals surface area contributed by atoms with Crippen LogP contribution in [0.25, 0.3) is 0 Å². The number of rotatable bonds is 5. The smallest absolute Gasteiger partial charge is 0.213 e. The van der Waals surface area contributed by atoms with Crippen LogP contribution in [0.15, 0.2) is 6.20 Å². The summed E-state index contributed by atoms with van der Waals surface area (Å²) in [7, 11) is -3.24. The van der Waals surface area contributed by atoms with Crippen LogP contribution in [-0.4, -0.2) is 30.9 Å². The maximum Gasteiger partial charge on any atom is 0.213 e. The molecule has 0 saturated carbocycles. The first kappa shape index (κ1) is 11.2. The zero-order chi connectivity index (χ0) is 10.6.